The highest BCUT2D eigenvalue weighted by Gasteiger charge is 2.28. The monoisotopic (exact) mass is 265 g/mol. The minimum Gasteiger partial charge on any atom is -0.387 e. The van der Waals surface area contributed by atoms with Gasteiger partial charge in [-0.15, -0.1) is 0 Å². The van der Waals surface area contributed by atoms with Gasteiger partial charge in [-0.1, -0.05) is 0 Å². The summed E-state index contributed by atoms with van der Waals surface area (Å²) in [5.41, 5.74) is 0.463. The molecule has 1 aromatic carbocycles. The molecule has 0 aromatic heterocycles. The van der Waals surface area contributed by atoms with Gasteiger partial charge in [-0.05, 0) is 37.1 Å². The molecule has 1 saturated heterocycles. The van der Waals surface area contributed by atoms with Crippen molar-refractivity contribution in [2.75, 3.05) is 19.7 Å². The number of benzene rings is 1. The van der Waals surface area contributed by atoms with Crippen molar-refractivity contribution in [3.63, 3.8) is 0 Å². The fourth-order valence-corrected chi connectivity index (χ4v) is 2.37. The number of carbonyl (C=O) groups excluding carboxylic acids is 2. The zero-order valence-electron chi connectivity index (χ0n) is 10.5. The van der Waals surface area contributed by atoms with Crippen molar-refractivity contribution in [3.8, 4) is 0 Å². The molecule has 5 heteroatoms. The average Bonchev–Trinajstić information content (AvgIpc) is 2.46. The van der Waals surface area contributed by atoms with Gasteiger partial charge in [0.2, 0.25) is 5.91 Å². The number of piperidine rings is 1. The Bertz CT molecular complexity index is 472. The van der Waals surface area contributed by atoms with Crippen LogP contribution in [0.5, 0.6) is 0 Å². The molecule has 4 nitrogen and oxygen atoms in total. The van der Waals surface area contributed by atoms with E-state index in [-0.39, 0.29) is 23.4 Å². The SMILES string of the molecule is O=C(c1ccc(F)cc1)C1CCCN(C(=O)CO)C1. The van der Waals surface area contributed by atoms with Crippen LogP contribution in [-0.4, -0.2) is 41.4 Å². The molecule has 1 aliphatic rings. The van der Waals surface area contributed by atoms with Crippen LogP contribution in [0.4, 0.5) is 4.39 Å². The molecule has 1 amide bonds. The van der Waals surface area contributed by atoms with Crippen LogP contribution in [0.2, 0.25) is 0 Å². The Morgan fingerprint density at radius 3 is 2.63 bits per heavy atom. The first-order chi connectivity index (χ1) is 9.11. The molecule has 2 rings (SSSR count). The number of amides is 1. The number of nitrogens with zero attached hydrogens (tertiary/aromatic N) is 1. The summed E-state index contributed by atoms with van der Waals surface area (Å²) in [6.07, 6.45) is 1.45. The van der Waals surface area contributed by atoms with Gasteiger partial charge in [-0.25, -0.2) is 4.39 Å². The lowest BCUT2D eigenvalue weighted by atomic mass is 9.90. The van der Waals surface area contributed by atoms with Crippen LogP contribution in [0.1, 0.15) is 23.2 Å². The smallest absolute Gasteiger partial charge is 0.248 e. The summed E-state index contributed by atoms with van der Waals surface area (Å²) in [6.45, 7) is 0.375. The summed E-state index contributed by atoms with van der Waals surface area (Å²) in [7, 11) is 0. The number of Topliss-reactive ketones (excluding diaryl/α,β-unsaturated/α-hetero) is 1. The zero-order chi connectivity index (χ0) is 13.8. The maximum atomic E-state index is 12.8. The summed E-state index contributed by atoms with van der Waals surface area (Å²) in [5.74, 6) is -1.07. The largest absolute Gasteiger partial charge is 0.387 e. The third kappa shape index (κ3) is 3.17. The third-order valence-corrected chi connectivity index (χ3v) is 3.41. The Morgan fingerprint density at radius 2 is 2.00 bits per heavy atom. The van der Waals surface area contributed by atoms with E-state index in [2.05, 4.69) is 0 Å². The van der Waals surface area contributed by atoms with E-state index in [4.69, 9.17) is 5.11 Å². The fraction of sp³-hybridized carbons (Fsp3) is 0.429. The fourth-order valence-electron chi connectivity index (χ4n) is 2.37. The van der Waals surface area contributed by atoms with E-state index < -0.39 is 6.61 Å². The first-order valence-electron chi connectivity index (χ1n) is 6.30. The Kier molecular flexibility index (Phi) is 4.27. The molecular weight excluding hydrogens is 249 g/mol. The van der Waals surface area contributed by atoms with Crippen molar-refractivity contribution < 1.29 is 19.1 Å². The highest BCUT2D eigenvalue weighted by atomic mass is 19.1. The third-order valence-electron chi connectivity index (χ3n) is 3.41. The summed E-state index contributed by atoms with van der Waals surface area (Å²) in [6, 6.07) is 5.44. The second-order valence-corrected chi connectivity index (χ2v) is 4.71. The topological polar surface area (TPSA) is 57.6 Å². The molecule has 0 saturated carbocycles. The standard InChI is InChI=1S/C14H16FNO3/c15-12-5-3-10(4-6-12)14(19)11-2-1-7-16(8-11)13(18)9-17/h3-6,11,17H,1-2,7-9H2. The van der Waals surface area contributed by atoms with Crippen molar-refractivity contribution in [2.24, 2.45) is 5.92 Å². The number of aliphatic hydroxyl groups is 1. The molecule has 1 N–H and O–H groups in total. The molecule has 1 unspecified atom stereocenters. The minimum absolute atomic E-state index is 0.0737. The second kappa shape index (κ2) is 5.93. The number of likely N-dealkylation sites (tertiary alicyclic amines) is 1. The molecule has 1 aromatic rings. The lowest BCUT2D eigenvalue weighted by molar-refractivity contribution is -0.135. The quantitative estimate of drug-likeness (QED) is 0.836. The van der Waals surface area contributed by atoms with E-state index in [0.29, 0.717) is 25.1 Å². The van der Waals surface area contributed by atoms with Crippen molar-refractivity contribution in [3.05, 3.63) is 35.6 Å². The Balaban J connectivity index is 2.06. The number of hydrogen-bond donors (Lipinski definition) is 1. The molecule has 0 spiro atoms. The Hall–Kier alpha value is -1.75. The van der Waals surface area contributed by atoms with E-state index in [1.165, 1.54) is 29.2 Å². The summed E-state index contributed by atoms with van der Waals surface area (Å²) < 4.78 is 12.8. The van der Waals surface area contributed by atoms with Crippen LogP contribution >= 0.6 is 0 Å². The first kappa shape index (κ1) is 13.7. The predicted octanol–water partition coefficient (Wildman–Crippen LogP) is 1.24. The zero-order valence-corrected chi connectivity index (χ0v) is 10.5. The average molecular weight is 265 g/mol. The van der Waals surface area contributed by atoms with Gasteiger partial charge in [-0.2, -0.15) is 0 Å². The van der Waals surface area contributed by atoms with E-state index in [9.17, 15) is 14.0 Å². The lowest BCUT2D eigenvalue weighted by Crippen LogP contribution is -2.43. The highest BCUT2D eigenvalue weighted by molar-refractivity contribution is 5.98. The van der Waals surface area contributed by atoms with Gasteiger partial charge in [-0.3, -0.25) is 9.59 Å². The van der Waals surface area contributed by atoms with Gasteiger partial charge in [0.15, 0.2) is 5.78 Å². The Labute approximate surface area is 110 Å². The maximum Gasteiger partial charge on any atom is 0.248 e. The van der Waals surface area contributed by atoms with Crippen LogP contribution in [0.25, 0.3) is 0 Å². The van der Waals surface area contributed by atoms with Crippen molar-refractivity contribution in [1.82, 2.24) is 4.90 Å². The van der Waals surface area contributed by atoms with E-state index in [0.717, 1.165) is 6.42 Å². The number of carbonyl (C=O) groups is 2. The number of hydrogen-bond acceptors (Lipinski definition) is 3. The molecule has 1 heterocycles. The van der Waals surface area contributed by atoms with E-state index >= 15 is 0 Å². The molecule has 0 radical (unpaired) electrons. The minimum atomic E-state index is -0.530. The van der Waals surface area contributed by atoms with Crippen LogP contribution in [0.3, 0.4) is 0 Å². The molecule has 0 bridgehead atoms. The van der Waals surface area contributed by atoms with Gasteiger partial charge in [0.25, 0.3) is 0 Å². The molecule has 102 valence electrons. The molecule has 19 heavy (non-hydrogen) atoms. The van der Waals surface area contributed by atoms with Gasteiger partial charge in [0.1, 0.15) is 12.4 Å². The molecule has 1 atom stereocenters. The van der Waals surface area contributed by atoms with Gasteiger partial charge in [0, 0.05) is 24.6 Å². The van der Waals surface area contributed by atoms with E-state index in [1.807, 2.05) is 0 Å². The number of rotatable bonds is 3. The van der Waals surface area contributed by atoms with E-state index in [1.54, 1.807) is 0 Å². The number of ketones is 1. The summed E-state index contributed by atoms with van der Waals surface area (Å²) in [5, 5.41) is 8.84. The maximum absolute atomic E-state index is 12.8. The van der Waals surface area contributed by atoms with Gasteiger partial charge in [0.05, 0.1) is 0 Å². The summed E-state index contributed by atoms with van der Waals surface area (Å²) in [4.78, 5) is 25.2. The van der Waals surface area contributed by atoms with Crippen LogP contribution in [0.15, 0.2) is 24.3 Å². The van der Waals surface area contributed by atoms with Crippen LogP contribution < -0.4 is 0 Å². The lowest BCUT2D eigenvalue weighted by Gasteiger charge is -2.31. The molecular formula is C14H16FNO3. The van der Waals surface area contributed by atoms with Crippen molar-refractivity contribution in [2.45, 2.75) is 12.8 Å². The van der Waals surface area contributed by atoms with Crippen molar-refractivity contribution in [1.29, 1.82) is 0 Å². The Morgan fingerprint density at radius 1 is 1.32 bits per heavy atom. The van der Waals surface area contributed by atoms with Gasteiger partial charge < -0.3 is 10.0 Å². The molecule has 1 fully saturated rings. The number of aliphatic hydroxyl groups excluding tert-OH is 1. The van der Waals surface area contributed by atoms with Crippen LogP contribution in [0, 0.1) is 11.7 Å². The van der Waals surface area contributed by atoms with Crippen molar-refractivity contribution >= 4 is 11.7 Å². The normalized spacial score (nSPS) is 19.3. The molecule has 1 aliphatic heterocycles. The van der Waals surface area contributed by atoms with Gasteiger partial charge >= 0.3 is 0 Å². The summed E-state index contributed by atoms with van der Waals surface area (Å²) >= 11 is 0. The van der Waals surface area contributed by atoms with Crippen LogP contribution in [-0.2, 0) is 4.79 Å². The second-order valence-electron chi connectivity index (χ2n) is 4.71. The first-order valence-corrected chi connectivity index (χ1v) is 6.30. The predicted molar refractivity (Wildman–Crippen MR) is 67.1 cm³/mol. The number of halogens is 1. The highest BCUT2D eigenvalue weighted by Crippen LogP contribution is 2.21. The molecule has 0 aliphatic carbocycles.